The maximum Gasteiger partial charge on any atom is 0.273 e. The average Bonchev–Trinajstić information content (AvgIpc) is 2.82. The topological polar surface area (TPSA) is 101 Å². The van der Waals surface area contributed by atoms with Crippen molar-refractivity contribution in [3.63, 3.8) is 0 Å². The highest BCUT2D eigenvalue weighted by molar-refractivity contribution is 5.92. The lowest BCUT2D eigenvalue weighted by Crippen LogP contribution is -2.14. The van der Waals surface area contributed by atoms with E-state index in [1.54, 1.807) is 18.2 Å². The van der Waals surface area contributed by atoms with E-state index in [4.69, 9.17) is 0 Å². The van der Waals surface area contributed by atoms with Gasteiger partial charge < -0.3 is 5.32 Å². The summed E-state index contributed by atoms with van der Waals surface area (Å²) in [5.41, 5.74) is 0.849. The molecule has 0 aliphatic rings. The molecule has 0 fully saturated rings. The Morgan fingerprint density at radius 3 is 2.89 bits per heavy atom. The Hall–Kier alpha value is -2.70. The van der Waals surface area contributed by atoms with Crippen LogP contribution in [0, 0.1) is 10.1 Å². The molecule has 1 heterocycles. The maximum absolute atomic E-state index is 11.7. The second-order valence-electron chi connectivity index (χ2n) is 3.60. The minimum absolute atomic E-state index is 0.0532. The Morgan fingerprint density at radius 2 is 2.22 bits per heavy atom. The van der Waals surface area contributed by atoms with Crippen LogP contribution in [0.15, 0.2) is 36.7 Å². The summed E-state index contributed by atoms with van der Waals surface area (Å²) in [6.07, 6.45) is 2.93. The van der Waals surface area contributed by atoms with Gasteiger partial charge in [-0.1, -0.05) is 18.2 Å². The second-order valence-corrected chi connectivity index (χ2v) is 3.60. The van der Waals surface area contributed by atoms with Gasteiger partial charge in [-0.3, -0.25) is 20.0 Å². The van der Waals surface area contributed by atoms with Gasteiger partial charge in [-0.25, -0.2) is 0 Å². The molecule has 0 radical (unpaired) electrons. The first-order chi connectivity index (χ1) is 8.66. The van der Waals surface area contributed by atoms with Crippen molar-refractivity contribution in [1.29, 1.82) is 0 Å². The number of aromatic amines is 1. The summed E-state index contributed by atoms with van der Waals surface area (Å²) in [6, 6.07) is 6.16. The van der Waals surface area contributed by atoms with E-state index in [9.17, 15) is 14.9 Å². The number of nitrogens with zero attached hydrogens (tertiary/aromatic N) is 2. The number of aromatic nitrogens is 2. The molecule has 0 unspecified atom stereocenters. The van der Waals surface area contributed by atoms with Gasteiger partial charge in [-0.05, 0) is 0 Å². The van der Waals surface area contributed by atoms with Crippen molar-refractivity contribution in [3.8, 4) is 0 Å². The predicted molar refractivity (Wildman–Crippen MR) is 64.0 cm³/mol. The number of H-pyrrole nitrogens is 1. The van der Waals surface area contributed by atoms with Crippen molar-refractivity contribution in [2.75, 3.05) is 5.32 Å². The first kappa shape index (κ1) is 11.8. The number of para-hydroxylation sites is 1. The first-order valence-corrected chi connectivity index (χ1v) is 5.18. The van der Waals surface area contributed by atoms with Crippen molar-refractivity contribution in [3.05, 3.63) is 52.3 Å². The molecular formula is C11H10N4O3. The van der Waals surface area contributed by atoms with Gasteiger partial charge in [0.25, 0.3) is 5.69 Å². The molecule has 0 spiro atoms. The Morgan fingerprint density at radius 1 is 1.44 bits per heavy atom. The van der Waals surface area contributed by atoms with Gasteiger partial charge in [0.05, 0.1) is 23.2 Å². The fraction of sp³-hybridized carbons (Fsp3) is 0.0909. The fourth-order valence-corrected chi connectivity index (χ4v) is 1.54. The number of anilines is 1. The highest BCUT2D eigenvalue weighted by Gasteiger charge is 2.15. The molecule has 0 bridgehead atoms. The number of amides is 1. The highest BCUT2D eigenvalue weighted by atomic mass is 16.6. The zero-order valence-electron chi connectivity index (χ0n) is 9.29. The molecule has 7 nitrogen and oxygen atoms in total. The zero-order chi connectivity index (χ0) is 13.0. The van der Waals surface area contributed by atoms with Gasteiger partial charge in [-0.2, -0.15) is 5.10 Å². The smallest absolute Gasteiger partial charge is 0.273 e. The van der Waals surface area contributed by atoms with Gasteiger partial charge in [0.15, 0.2) is 0 Å². The number of carbonyl (C=O) groups excluding carboxylic acids is 1. The van der Waals surface area contributed by atoms with Crippen molar-refractivity contribution in [2.45, 2.75) is 6.42 Å². The molecule has 7 heteroatoms. The molecule has 1 aromatic heterocycles. The third kappa shape index (κ3) is 2.70. The Kier molecular flexibility index (Phi) is 3.33. The van der Waals surface area contributed by atoms with Crippen LogP contribution < -0.4 is 5.32 Å². The molecule has 1 amide bonds. The van der Waals surface area contributed by atoms with E-state index in [1.807, 2.05) is 0 Å². The van der Waals surface area contributed by atoms with Crippen LogP contribution in [0.4, 0.5) is 11.4 Å². The van der Waals surface area contributed by atoms with E-state index in [0.717, 1.165) is 0 Å². The summed E-state index contributed by atoms with van der Waals surface area (Å²) in [5, 5.41) is 19.6. The minimum atomic E-state index is -0.500. The Labute approximate surface area is 102 Å². The van der Waals surface area contributed by atoms with Gasteiger partial charge >= 0.3 is 0 Å². The Bertz CT molecular complexity index is 565. The van der Waals surface area contributed by atoms with Gasteiger partial charge in [0.1, 0.15) is 0 Å². The van der Waals surface area contributed by atoms with E-state index >= 15 is 0 Å². The van der Waals surface area contributed by atoms with E-state index < -0.39 is 4.92 Å². The molecule has 0 aliphatic heterocycles. The number of nitro benzene ring substituents is 1. The summed E-state index contributed by atoms with van der Waals surface area (Å²) >= 11 is 0. The van der Waals surface area contributed by atoms with Crippen LogP contribution in [0.3, 0.4) is 0 Å². The van der Waals surface area contributed by atoms with Crippen LogP contribution in [0.1, 0.15) is 5.56 Å². The van der Waals surface area contributed by atoms with Crippen LogP contribution in [0.5, 0.6) is 0 Å². The highest BCUT2D eigenvalue weighted by Crippen LogP contribution is 2.18. The summed E-state index contributed by atoms with van der Waals surface area (Å²) in [6.45, 7) is 0. The number of nitrogens with one attached hydrogen (secondary N) is 2. The van der Waals surface area contributed by atoms with Crippen molar-refractivity contribution >= 4 is 17.3 Å². The molecule has 2 N–H and O–H groups in total. The number of carbonyl (C=O) groups is 1. The quantitative estimate of drug-likeness (QED) is 0.630. The van der Waals surface area contributed by atoms with Crippen LogP contribution in [0.25, 0.3) is 0 Å². The van der Waals surface area contributed by atoms with Gasteiger partial charge in [0, 0.05) is 17.8 Å². The van der Waals surface area contributed by atoms with Crippen LogP contribution in [-0.4, -0.2) is 21.0 Å². The third-order valence-corrected chi connectivity index (χ3v) is 2.32. The molecule has 1 aromatic carbocycles. The van der Waals surface area contributed by atoms with Gasteiger partial charge in [-0.15, -0.1) is 0 Å². The maximum atomic E-state index is 11.7. The van der Waals surface area contributed by atoms with E-state index in [2.05, 4.69) is 15.5 Å². The number of hydrogen-bond donors (Lipinski definition) is 2. The standard InChI is InChI=1S/C11H10N4O3/c16-11(14-9-6-12-13-7-9)5-8-3-1-2-4-10(8)15(17)18/h1-4,6-7H,5H2,(H,12,13)(H,14,16). The van der Waals surface area contributed by atoms with Crippen molar-refractivity contribution in [2.24, 2.45) is 0 Å². The summed E-state index contributed by atoms with van der Waals surface area (Å²) in [4.78, 5) is 22.0. The monoisotopic (exact) mass is 246 g/mol. The lowest BCUT2D eigenvalue weighted by Gasteiger charge is -2.03. The number of hydrogen-bond acceptors (Lipinski definition) is 4. The van der Waals surface area contributed by atoms with Crippen molar-refractivity contribution < 1.29 is 9.72 Å². The van der Waals surface area contributed by atoms with E-state index in [0.29, 0.717) is 11.3 Å². The molecule has 0 aliphatic carbocycles. The molecule has 0 saturated heterocycles. The van der Waals surface area contributed by atoms with Crippen LogP contribution in [0.2, 0.25) is 0 Å². The molecule has 18 heavy (non-hydrogen) atoms. The lowest BCUT2D eigenvalue weighted by atomic mass is 10.1. The molecule has 2 rings (SSSR count). The number of benzene rings is 1. The van der Waals surface area contributed by atoms with Crippen molar-refractivity contribution in [1.82, 2.24) is 10.2 Å². The average molecular weight is 246 g/mol. The Balaban J connectivity index is 2.09. The molecule has 92 valence electrons. The SMILES string of the molecule is O=C(Cc1ccccc1[N+](=O)[O-])Nc1cn[nH]c1. The lowest BCUT2D eigenvalue weighted by molar-refractivity contribution is -0.385. The van der Waals surface area contributed by atoms with Gasteiger partial charge in [0.2, 0.25) is 5.91 Å². The predicted octanol–water partition coefficient (Wildman–Crippen LogP) is 1.50. The molecular weight excluding hydrogens is 236 g/mol. The largest absolute Gasteiger partial charge is 0.323 e. The molecule has 2 aromatic rings. The number of rotatable bonds is 4. The van der Waals surface area contributed by atoms with E-state index in [1.165, 1.54) is 18.5 Å². The minimum Gasteiger partial charge on any atom is -0.323 e. The van der Waals surface area contributed by atoms with Crippen LogP contribution >= 0.6 is 0 Å². The summed E-state index contributed by atoms with van der Waals surface area (Å²) in [5.74, 6) is -0.328. The second kappa shape index (κ2) is 5.09. The molecule has 0 saturated carbocycles. The summed E-state index contributed by atoms with van der Waals surface area (Å²) < 4.78 is 0. The molecule has 0 atom stereocenters. The zero-order valence-corrected chi connectivity index (χ0v) is 9.29. The van der Waals surface area contributed by atoms with Crippen LogP contribution in [-0.2, 0) is 11.2 Å². The fourth-order valence-electron chi connectivity index (χ4n) is 1.54. The van der Waals surface area contributed by atoms with E-state index in [-0.39, 0.29) is 18.0 Å². The normalized spacial score (nSPS) is 10.0. The number of nitro groups is 1. The summed E-state index contributed by atoms with van der Waals surface area (Å²) in [7, 11) is 0. The third-order valence-electron chi connectivity index (χ3n) is 2.32. The first-order valence-electron chi connectivity index (χ1n) is 5.18.